The zero-order valence-electron chi connectivity index (χ0n) is 19.2. The topological polar surface area (TPSA) is 37.3 Å². The number of carbonyl (C=O) groups is 1. The Balaban J connectivity index is 1.77. The van der Waals surface area contributed by atoms with Gasteiger partial charge < -0.3 is 5.11 Å². The molecule has 0 unspecified atom stereocenters. The Kier molecular flexibility index (Phi) is 7.25. The van der Waals surface area contributed by atoms with Gasteiger partial charge in [-0.3, -0.25) is 4.79 Å². The second-order valence-corrected chi connectivity index (χ2v) is 10.8. The first-order valence-electron chi connectivity index (χ1n) is 12.0. The van der Waals surface area contributed by atoms with E-state index in [4.69, 9.17) is 0 Å². The van der Waals surface area contributed by atoms with Gasteiger partial charge in [0.15, 0.2) is 0 Å². The molecule has 3 saturated carbocycles. The van der Waals surface area contributed by atoms with E-state index in [1.165, 1.54) is 43.3 Å². The lowest BCUT2D eigenvalue weighted by Gasteiger charge is -2.43. The van der Waals surface area contributed by atoms with Gasteiger partial charge >= 0.3 is 0 Å². The van der Waals surface area contributed by atoms with Crippen molar-refractivity contribution in [2.45, 2.75) is 98.0 Å². The molecule has 2 nitrogen and oxygen atoms in total. The minimum Gasteiger partial charge on any atom is -0.393 e. The molecule has 5 atom stereocenters. The Hall–Kier alpha value is -1.15. The lowest BCUT2D eigenvalue weighted by atomic mass is 9.60. The zero-order chi connectivity index (χ0) is 21.2. The molecule has 0 aromatic heterocycles. The van der Waals surface area contributed by atoms with E-state index in [1.54, 1.807) is 0 Å². The lowest BCUT2D eigenvalue weighted by Crippen LogP contribution is -2.37. The molecule has 0 saturated heterocycles. The number of carbonyl (C=O) groups excluding carboxylic acids is 1. The summed E-state index contributed by atoms with van der Waals surface area (Å²) in [5, 5.41) is 10.0. The van der Waals surface area contributed by atoms with Crippen LogP contribution in [0.5, 0.6) is 0 Å². The highest BCUT2D eigenvalue weighted by Crippen LogP contribution is 2.58. The summed E-state index contributed by atoms with van der Waals surface area (Å²) in [6.07, 6.45) is 14.6. The van der Waals surface area contributed by atoms with E-state index in [-0.39, 0.29) is 17.4 Å². The minimum atomic E-state index is -0.244. The molecule has 3 fully saturated rings. The maximum atomic E-state index is 13.2. The van der Waals surface area contributed by atoms with Gasteiger partial charge in [0, 0.05) is 12.3 Å². The largest absolute Gasteiger partial charge is 0.393 e. The standard InChI is InChI=1S/C27H42O2/c1-18(2)8-6-9-20(4)24-17-25(29)26-21(10-7-15-27(24,26)5)12-13-22-16-23(28)14-11-19(22)3/h12-13,18,20,23-24,26,28H,3,6-11,14-17H2,1-2,4-5H3/b21-12+,22-13+/t20-,23+,24-,26-,27-/m1/s1. The number of fused-ring (bicyclic) bond motifs is 1. The highest BCUT2D eigenvalue weighted by molar-refractivity contribution is 5.87. The number of rotatable bonds is 6. The van der Waals surface area contributed by atoms with Gasteiger partial charge in [-0.05, 0) is 67.3 Å². The molecule has 0 aromatic carbocycles. The van der Waals surface area contributed by atoms with E-state index in [2.05, 4.69) is 46.4 Å². The van der Waals surface area contributed by atoms with Gasteiger partial charge in [0.2, 0.25) is 0 Å². The van der Waals surface area contributed by atoms with E-state index < -0.39 is 0 Å². The van der Waals surface area contributed by atoms with Gasteiger partial charge in [-0.15, -0.1) is 0 Å². The van der Waals surface area contributed by atoms with Crippen molar-refractivity contribution in [3.8, 4) is 0 Å². The summed E-state index contributed by atoms with van der Waals surface area (Å²) in [5.41, 5.74) is 3.79. The summed E-state index contributed by atoms with van der Waals surface area (Å²) in [7, 11) is 0. The fraction of sp³-hybridized carbons (Fsp3) is 0.741. The molecule has 3 rings (SSSR count). The van der Waals surface area contributed by atoms with Crippen LogP contribution >= 0.6 is 0 Å². The molecule has 3 aliphatic rings. The number of aliphatic hydroxyl groups is 1. The Bertz CT molecular complexity index is 683. The van der Waals surface area contributed by atoms with E-state index >= 15 is 0 Å². The van der Waals surface area contributed by atoms with Crippen molar-refractivity contribution in [2.75, 3.05) is 0 Å². The van der Waals surface area contributed by atoms with Gasteiger partial charge in [-0.2, -0.15) is 0 Å². The van der Waals surface area contributed by atoms with E-state index in [1.807, 2.05) is 0 Å². The molecule has 0 aliphatic heterocycles. The third-order valence-corrected chi connectivity index (χ3v) is 8.12. The maximum Gasteiger partial charge on any atom is 0.140 e. The minimum absolute atomic E-state index is 0.104. The van der Waals surface area contributed by atoms with Crippen molar-refractivity contribution in [1.82, 2.24) is 0 Å². The molecule has 2 heteroatoms. The molecule has 3 aliphatic carbocycles. The SMILES string of the molecule is C=C1CC[C@H](O)C/C1=C\C=C1/CCC[C@]2(C)[C@@H]([C@H](C)CCCC(C)C)CC(=O)[C@@H]12. The smallest absolute Gasteiger partial charge is 0.140 e. The van der Waals surface area contributed by atoms with Crippen molar-refractivity contribution in [2.24, 2.45) is 29.1 Å². The van der Waals surface area contributed by atoms with Gasteiger partial charge in [0.25, 0.3) is 0 Å². The summed E-state index contributed by atoms with van der Waals surface area (Å²) in [6.45, 7) is 13.6. The van der Waals surface area contributed by atoms with E-state index in [9.17, 15) is 9.90 Å². The number of aliphatic hydroxyl groups excluding tert-OH is 1. The fourth-order valence-electron chi connectivity index (χ4n) is 6.40. The van der Waals surface area contributed by atoms with Crippen LogP contribution in [-0.2, 0) is 4.79 Å². The highest BCUT2D eigenvalue weighted by Gasteiger charge is 2.55. The first kappa shape index (κ1) is 22.5. The molecule has 1 N–H and O–H groups in total. The molecule has 0 aromatic rings. The van der Waals surface area contributed by atoms with Gasteiger partial charge in [-0.1, -0.05) is 76.8 Å². The molecule has 0 radical (unpaired) electrons. The summed E-state index contributed by atoms with van der Waals surface area (Å²) >= 11 is 0. The molecular formula is C27H42O2. The first-order chi connectivity index (χ1) is 13.7. The van der Waals surface area contributed by atoms with Crippen molar-refractivity contribution >= 4 is 5.78 Å². The normalized spacial score (nSPS) is 36.8. The molecule has 0 heterocycles. The van der Waals surface area contributed by atoms with E-state index in [0.717, 1.165) is 37.2 Å². The summed E-state index contributed by atoms with van der Waals surface area (Å²) in [6, 6.07) is 0. The Morgan fingerprint density at radius 2 is 1.93 bits per heavy atom. The van der Waals surface area contributed by atoms with Crippen molar-refractivity contribution in [3.63, 3.8) is 0 Å². The monoisotopic (exact) mass is 398 g/mol. The average Bonchev–Trinajstić information content (AvgIpc) is 2.93. The first-order valence-corrected chi connectivity index (χ1v) is 12.0. The third kappa shape index (κ3) is 4.95. The average molecular weight is 399 g/mol. The summed E-state index contributed by atoms with van der Waals surface area (Å²) in [4.78, 5) is 13.2. The lowest BCUT2D eigenvalue weighted by molar-refractivity contribution is -0.121. The van der Waals surface area contributed by atoms with Crippen molar-refractivity contribution in [3.05, 3.63) is 35.5 Å². The van der Waals surface area contributed by atoms with Crippen LogP contribution in [0.25, 0.3) is 0 Å². The molecule has 162 valence electrons. The fourth-order valence-corrected chi connectivity index (χ4v) is 6.40. The molecule has 0 spiro atoms. The number of Topliss-reactive ketones (excluding diaryl/α,β-unsaturated/α-hetero) is 1. The number of hydrogen-bond acceptors (Lipinski definition) is 2. The number of hydrogen-bond donors (Lipinski definition) is 1. The molecule has 29 heavy (non-hydrogen) atoms. The second kappa shape index (κ2) is 9.33. The predicted octanol–water partition coefficient (Wildman–Crippen LogP) is 6.80. The molecular weight excluding hydrogens is 356 g/mol. The Morgan fingerprint density at radius 3 is 2.66 bits per heavy atom. The van der Waals surface area contributed by atoms with Crippen LogP contribution in [-0.4, -0.2) is 17.0 Å². The van der Waals surface area contributed by atoms with E-state index in [0.29, 0.717) is 24.0 Å². The Labute approximate surface area is 178 Å². The summed E-state index contributed by atoms with van der Waals surface area (Å²) in [5.74, 6) is 2.49. The van der Waals surface area contributed by atoms with Crippen LogP contribution in [0.15, 0.2) is 35.5 Å². The van der Waals surface area contributed by atoms with Gasteiger partial charge in [0.1, 0.15) is 5.78 Å². The third-order valence-electron chi connectivity index (χ3n) is 8.12. The van der Waals surface area contributed by atoms with Crippen molar-refractivity contribution in [1.29, 1.82) is 0 Å². The Morgan fingerprint density at radius 1 is 1.17 bits per heavy atom. The molecule has 0 amide bonds. The zero-order valence-corrected chi connectivity index (χ0v) is 19.2. The van der Waals surface area contributed by atoms with Gasteiger partial charge in [0.05, 0.1) is 6.10 Å². The number of ketones is 1. The number of allylic oxidation sites excluding steroid dienone is 4. The van der Waals surface area contributed by atoms with Crippen LogP contribution < -0.4 is 0 Å². The van der Waals surface area contributed by atoms with Crippen LogP contribution in [0.1, 0.15) is 91.9 Å². The maximum absolute atomic E-state index is 13.2. The van der Waals surface area contributed by atoms with Crippen molar-refractivity contribution < 1.29 is 9.90 Å². The second-order valence-electron chi connectivity index (χ2n) is 10.8. The van der Waals surface area contributed by atoms with Crippen LogP contribution in [0, 0.1) is 29.1 Å². The van der Waals surface area contributed by atoms with Crippen LogP contribution in [0.3, 0.4) is 0 Å². The molecule has 0 bridgehead atoms. The highest BCUT2D eigenvalue weighted by atomic mass is 16.3. The van der Waals surface area contributed by atoms with Crippen LogP contribution in [0.4, 0.5) is 0 Å². The predicted molar refractivity (Wildman–Crippen MR) is 122 cm³/mol. The van der Waals surface area contributed by atoms with Gasteiger partial charge in [-0.25, -0.2) is 0 Å². The summed E-state index contributed by atoms with van der Waals surface area (Å²) < 4.78 is 0. The van der Waals surface area contributed by atoms with Crippen LogP contribution in [0.2, 0.25) is 0 Å². The quantitative estimate of drug-likeness (QED) is 0.534.